The Morgan fingerprint density at radius 3 is 1.10 bits per heavy atom. The van der Waals surface area contributed by atoms with Crippen LogP contribution in [0.2, 0.25) is 0 Å². The second kappa shape index (κ2) is 54.1. The van der Waals surface area contributed by atoms with Gasteiger partial charge in [-0.3, -0.25) is 14.4 Å². The summed E-state index contributed by atoms with van der Waals surface area (Å²) in [7, 11) is 0. The van der Waals surface area contributed by atoms with Gasteiger partial charge in [-0.25, -0.2) is 4.79 Å². The van der Waals surface area contributed by atoms with Crippen LogP contribution < -0.4 is 0 Å². The maximum absolute atomic E-state index is 13.2. The van der Waals surface area contributed by atoms with Gasteiger partial charge in [0.05, 0.1) is 6.61 Å². The lowest BCUT2D eigenvalue weighted by Crippen LogP contribution is -2.61. The molecular weight excluding hydrogens is 973 g/mol. The van der Waals surface area contributed by atoms with E-state index < -0.39 is 67.3 Å². The van der Waals surface area contributed by atoms with Gasteiger partial charge in [0.15, 0.2) is 24.6 Å². The molecular formula is C65H120O12. The minimum Gasteiger partial charge on any atom is -0.479 e. The second-order valence-corrected chi connectivity index (χ2v) is 22.8. The van der Waals surface area contributed by atoms with E-state index in [2.05, 4.69) is 32.9 Å². The van der Waals surface area contributed by atoms with Crippen LogP contribution in [0.25, 0.3) is 0 Å². The maximum atomic E-state index is 13.2. The smallest absolute Gasteiger partial charge is 0.335 e. The molecule has 1 saturated heterocycles. The van der Waals surface area contributed by atoms with Crippen LogP contribution in [0.3, 0.4) is 0 Å². The topological polar surface area (TPSA) is 175 Å². The van der Waals surface area contributed by atoms with Crippen LogP contribution in [-0.4, -0.2) is 89.2 Å². The minimum atomic E-state index is -1.90. The minimum absolute atomic E-state index is 0.0650. The zero-order chi connectivity index (χ0) is 56.1. The van der Waals surface area contributed by atoms with Crippen molar-refractivity contribution < 1.29 is 58.2 Å². The molecule has 452 valence electrons. The van der Waals surface area contributed by atoms with Crippen molar-refractivity contribution in [2.45, 2.75) is 366 Å². The van der Waals surface area contributed by atoms with Gasteiger partial charge in [0.1, 0.15) is 18.8 Å². The highest BCUT2D eigenvalue weighted by Gasteiger charge is 2.50. The summed E-state index contributed by atoms with van der Waals surface area (Å²) in [4.78, 5) is 51.3. The number of rotatable bonds is 57. The standard InChI is InChI=1S/C65H120O12/c1-4-7-10-13-16-19-22-25-27-28-29-30-32-35-38-41-44-47-50-53-59(68)76-63-61(70)60(69)62(64(71)72)77-65(63)74-55-56(75-58(67)52-49-46-43-40-37-33-24-21-18-15-12-9-6-3)54-73-57(66)51-48-45-42-39-36-34-31-26-23-20-17-14-11-8-5-2/h25,27,56,60-63,65,69-70H,4-24,26,28-55H2,1-3H3,(H,71,72)/b27-25-. The van der Waals surface area contributed by atoms with Crippen molar-refractivity contribution in [2.24, 2.45) is 0 Å². The SMILES string of the molecule is CCCCCCCC/C=C\CCCCCCCCCCCC(=O)OC1C(OCC(COC(=O)CCCCCCCCCCCCCCCCC)OC(=O)CCCCCCCCCCCCCCC)OC(C(=O)O)C(O)C1O. The number of hydrogen-bond donors (Lipinski definition) is 3. The van der Waals surface area contributed by atoms with Gasteiger partial charge >= 0.3 is 23.9 Å². The van der Waals surface area contributed by atoms with Crippen molar-refractivity contribution in [2.75, 3.05) is 13.2 Å². The Morgan fingerprint density at radius 1 is 0.416 bits per heavy atom. The Hall–Kier alpha value is -2.54. The number of ether oxygens (including phenoxy) is 5. The van der Waals surface area contributed by atoms with Crippen LogP contribution in [0.1, 0.15) is 329 Å². The molecule has 77 heavy (non-hydrogen) atoms. The van der Waals surface area contributed by atoms with E-state index in [1.54, 1.807) is 0 Å². The number of carboxylic acid groups (broad SMARTS) is 1. The third kappa shape index (κ3) is 43.9. The molecule has 1 rings (SSSR count). The van der Waals surface area contributed by atoms with Crippen molar-refractivity contribution in [1.29, 1.82) is 0 Å². The molecule has 0 aromatic rings. The summed E-state index contributed by atoms with van der Waals surface area (Å²) >= 11 is 0. The highest BCUT2D eigenvalue weighted by Crippen LogP contribution is 2.27. The van der Waals surface area contributed by atoms with Crippen LogP contribution in [0, 0.1) is 0 Å². The molecule has 12 heteroatoms. The molecule has 0 aromatic carbocycles. The van der Waals surface area contributed by atoms with Gasteiger partial charge < -0.3 is 39.0 Å². The first-order chi connectivity index (χ1) is 37.6. The molecule has 1 aliphatic heterocycles. The van der Waals surface area contributed by atoms with Crippen LogP contribution in [0.15, 0.2) is 12.2 Å². The Bertz CT molecular complexity index is 1390. The summed E-state index contributed by atoms with van der Waals surface area (Å²) < 4.78 is 28.5. The predicted octanol–water partition coefficient (Wildman–Crippen LogP) is 17.2. The summed E-state index contributed by atoms with van der Waals surface area (Å²) in [5.41, 5.74) is 0. The largest absolute Gasteiger partial charge is 0.479 e. The molecule has 0 bridgehead atoms. The molecule has 0 radical (unpaired) electrons. The van der Waals surface area contributed by atoms with Gasteiger partial charge in [-0.15, -0.1) is 0 Å². The first kappa shape index (κ1) is 72.5. The number of allylic oxidation sites excluding steroid dienone is 2. The highest BCUT2D eigenvalue weighted by molar-refractivity contribution is 5.74. The van der Waals surface area contributed by atoms with Crippen molar-refractivity contribution in [3.8, 4) is 0 Å². The quantitative estimate of drug-likeness (QED) is 0.0228. The lowest BCUT2D eigenvalue weighted by atomic mass is 9.98. The van der Waals surface area contributed by atoms with Crippen molar-refractivity contribution in [1.82, 2.24) is 0 Å². The monoisotopic (exact) mass is 1090 g/mol. The number of carbonyl (C=O) groups excluding carboxylic acids is 3. The molecule has 6 atom stereocenters. The molecule has 1 fully saturated rings. The fourth-order valence-corrected chi connectivity index (χ4v) is 10.3. The van der Waals surface area contributed by atoms with Crippen LogP contribution >= 0.6 is 0 Å². The highest BCUT2D eigenvalue weighted by atomic mass is 16.7. The first-order valence-electron chi connectivity index (χ1n) is 32.7. The summed E-state index contributed by atoms with van der Waals surface area (Å²) in [5.74, 6) is -3.07. The fourth-order valence-electron chi connectivity index (χ4n) is 10.3. The third-order valence-corrected chi connectivity index (χ3v) is 15.3. The number of aliphatic hydroxyl groups is 2. The Kier molecular flexibility index (Phi) is 50.9. The normalized spacial score (nSPS) is 18.0. The van der Waals surface area contributed by atoms with Crippen LogP contribution in [0.4, 0.5) is 0 Å². The van der Waals surface area contributed by atoms with Gasteiger partial charge in [0.2, 0.25) is 0 Å². The van der Waals surface area contributed by atoms with Crippen molar-refractivity contribution in [3.63, 3.8) is 0 Å². The number of aliphatic hydroxyl groups excluding tert-OH is 2. The van der Waals surface area contributed by atoms with E-state index in [1.807, 2.05) is 0 Å². The lowest BCUT2D eigenvalue weighted by molar-refractivity contribution is -0.301. The average molecular weight is 1090 g/mol. The lowest BCUT2D eigenvalue weighted by Gasteiger charge is -2.40. The van der Waals surface area contributed by atoms with Gasteiger partial charge in [0, 0.05) is 19.3 Å². The molecule has 0 saturated carbocycles. The molecule has 1 heterocycles. The Labute approximate surface area is 471 Å². The zero-order valence-electron chi connectivity index (χ0n) is 50.0. The van der Waals surface area contributed by atoms with E-state index >= 15 is 0 Å². The van der Waals surface area contributed by atoms with Crippen molar-refractivity contribution >= 4 is 23.9 Å². The molecule has 6 unspecified atom stereocenters. The van der Waals surface area contributed by atoms with E-state index in [4.69, 9.17) is 23.7 Å². The van der Waals surface area contributed by atoms with Gasteiger partial charge in [-0.1, -0.05) is 277 Å². The fraction of sp³-hybridized carbons (Fsp3) is 0.908. The molecule has 1 aliphatic rings. The van der Waals surface area contributed by atoms with Gasteiger partial charge in [-0.2, -0.15) is 0 Å². The first-order valence-corrected chi connectivity index (χ1v) is 32.7. The number of carbonyl (C=O) groups is 4. The summed E-state index contributed by atoms with van der Waals surface area (Å²) in [5, 5.41) is 31.6. The number of aliphatic carboxylic acids is 1. The number of hydrogen-bond acceptors (Lipinski definition) is 11. The summed E-state index contributed by atoms with van der Waals surface area (Å²) in [6.07, 6.45) is 48.8. The Balaban J connectivity index is 2.62. The second-order valence-electron chi connectivity index (χ2n) is 22.8. The predicted molar refractivity (Wildman–Crippen MR) is 313 cm³/mol. The van der Waals surface area contributed by atoms with E-state index in [0.717, 1.165) is 70.6 Å². The third-order valence-electron chi connectivity index (χ3n) is 15.3. The molecule has 0 spiro atoms. The van der Waals surface area contributed by atoms with Gasteiger partial charge in [-0.05, 0) is 44.9 Å². The van der Waals surface area contributed by atoms with Crippen LogP contribution in [-0.2, 0) is 42.9 Å². The summed E-state index contributed by atoms with van der Waals surface area (Å²) in [6.45, 7) is 6.05. The van der Waals surface area contributed by atoms with E-state index in [-0.39, 0.29) is 25.9 Å². The number of carboxylic acids is 1. The Morgan fingerprint density at radius 2 is 0.740 bits per heavy atom. The molecule has 0 aromatic heterocycles. The molecule has 3 N–H and O–H groups in total. The number of esters is 3. The molecule has 12 nitrogen and oxygen atoms in total. The average Bonchev–Trinajstić information content (AvgIpc) is 3.42. The summed E-state index contributed by atoms with van der Waals surface area (Å²) in [6, 6.07) is 0. The van der Waals surface area contributed by atoms with E-state index in [0.29, 0.717) is 19.3 Å². The zero-order valence-corrected chi connectivity index (χ0v) is 50.0. The molecule has 0 aliphatic carbocycles. The van der Waals surface area contributed by atoms with E-state index in [1.165, 1.54) is 199 Å². The van der Waals surface area contributed by atoms with Crippen LogP contribution in [0.5, 0.6) is 0 Å². The van der Waals surface area contributed by atoms with Gasteiger partial charge in [0.25, 0.3) is 0 Å². The van der Waals surface area contributed by atoms with Crippen molar-refractivity contribution in [3.05, 3.63) is 12.2 Å². The maximum Gasteiger partial charge on any atom is 0.335 e. The number of unbranched alkanes of at least 4 members (excludes halogenated alkanes) is 41. The molecule has 0 amide bonds. The van der Waals surface area contributed by atoms with E-state index in [9.17, 15) is 34.5 Å².